The summed E-state index contributed by atoms with van der Waals surface area (Å²) in [6, 6.07) is 0.361. The molecule has 3 atom stereocenters. The Morgan fingerprint density at radius 1 is 1.33 bits per heavy atom. The van der Waals surface area contributed by atoms with Crippen molar-refractivity contribution in [3.8, 4) is 0 Å². The molecule has 3 nitrogen and oxygen atoms in total. The molecule has 2 N–H and O–H groups in total. The first-order valence-electron chi connectivity index (χ1n) is 6.40. The van der Waals surface area contributed by atoms with Gasteiger partial charge in [0.2, 0.25) is 0 Å². The first-order chi connectivity index (χ1) is 7.33. The van der Waals surface area contributed by atoms with E-state index in [1.807, 2.05) is 0 Å². The molecular formula is C12H24N2O. The highest BCUT2D eigenvalue weighted by Crippen LogP contribution is 2.31. The van der Waals surface area contributed by atoms with E-state index in [0.29, 0.717) is 12.6 Å². The molecule has 0 radical (unpaired) electrons. The molecule has 2 saturated heterocycles. The van der Waals surface area contributed by atoms with Gasteiger partial charge in [0.25, 0.3) is 0 Å². The standard InChI is InChI=1S/C12H24N2O/c1-2-14-6-4-11(8-14)10-3-5-13-12(7-10)9-15/h10-13,15H,2-9H2,1H3. The highest BCUT2D eigenvalue weighted by molar-refractivity contribution is 4.86. The van der Waals surface area contributed by atoms with Crippen LogP contribution in [0.25, 0.3) is 0 Å². The van der Waals surface area contributed by atoms with Crippen LogP contribution >= 0.6 is 0 Å². The van der Waals surface area contributed by atoms with E-state index >= 15 is 0 Å². The molecule has 2 aliphatic heterocycles. The maximum absolute atomic E-state index is 9.18. The van der Waals surface area contributed by atoms with E-state index < -0.39 is 0 Å². The summed E-state index contributed by atoms with van der Waals surface area (Å²) in [5, 5.41) is 12.6. The van der Waals surface area contributed by atoms with Crippen molar-refractivity contribution in [2.75, 3.05) is 32.8 Å². The van der Waals surface area contributed by atoms with Gasteiger partial charge in [-0.3, -0.25) is 0 Å². The quantitative estimate of drug-likeness (QED) is 0.722. The molecule has 0 aromatic carbocycles. The third-order valence-corrected chi connectivity index (χ3v) is 4.18. The fourth-order valence-corrected chi connectivity index (χ4v) is 3.14. The Morgan fingerprint density at radius 2 is 2.20 bits per heavy atom. The second-order valence-corrected chi connectivity index (χ2v) is 5.06. The Bertz CT molecular complexity index is 198. The summed E-state index contributed by atoms with van der Waals surface area (Å²) in [5.41, 5.74) is 0. The number of hydrogen-bond donors (Lipinski definition) is 2. The third kappa shape index (κ3) is 2.71. The van der Waals surface area contributed by atoms with Gasteiger partial charge in [-0.15, -0.1) is 0 Å². The van der Waals surface area contributed by atoms with Crippen molar-refractivity contribution in [2.24, 2.45) is 11.8 Å². The molecule has 0 spiro atoms. The number of nitrogens with zero attached hydrogens (tertiary/aromatic N) is 1. The largest absolute Gasteiger partial charge is 0.395 e. The highest BCUT2D eigenvalue weighted by atomic mass is 16.3. The molecular weight excluding hydrogens is 188 g/mol. The van der Waals surface area contributed by atoms with Crippen molar-refractivity contribution < 1.29 is 5.11 Å². The van der Waals surface area contributed by atoms with Gasteiger partial charge in [0.15, 0.2) is 0 Å². The molecule has 15 heavy (non-hydrogen) atoms. The van der Waals surface area contributed by atoms with Crippen LogP contribution in [0, 0.1) is 11.8 Å². The summed E-state index contributed by atoms with van der Waals surface area (Å²) >= 11 is 0. The molecule has 3 heteroatoms. The van der Waals surface area contributed by atoms with Gasteiger partial charge >= 0.3 is 0 Å². The van der Waals surface area contributed by atoms with Crippen molar-refractivity contribution in [2.45, 2.75) is 32.2 Å². The molecule has 0 bridgehead atoms. The number of aliphatic hydroxyl groups excluding tert-OH is 1. The summed E-state index contributed by atoms with van der Waals surface area (Å²) in [6.07, 6.45) is 3.86. The van der Waals surface area contributed by atoms with Gasteiger partial charge < -0.3 is 15.3 Å². The number of nitrogens with one attached hydrogen (secondary N) is 1. The van der Waals surface area contributed by atoms with Crippen LogP contribution in [0.3, 0.4) is 0 Å². The molecule has 2 heterocycles. The van der Waals surface area contributed by atoms with Crippen LogP contribution in [-0.2, 0) is 0 Å². The van der Waals surface area contributed by atoms with Crippen molar-refractivity contribution in [3.05, 3.63) is 0 Å². The normalized spacial score (nSPS) is 38.4. The first-order valence-corrected chi connectivity index (χ1v) is 6.40. The second kappa shape index (κ2) is 5.28. The van der Waals surface area contributed by atoms with Crippen LogP contribution < -0.4 is 5.32 Å². The van der Waals surface area contributed by atoms with Gasteiger partial charge in [0, 0.05) is 12.6 Å². The number of rotatable bonds is 3. The molecule has 2 rings (SSSR count). The predicted molar refractivity (Wildman–Crippen MR) is 61.8 cm³/mol. The molecule has 0 amide bonds. The van der Waals surface area contributed by atoms with Gasteiger partial charge in [0.1, 0.15) is 0 Å². The minimum atomic E-state index is 0.306. The summed E-state index contributed by atoms with van der Waals surface area (Å²) < 4.78 is 0. The van der Waals surface area contributed by atoms with Crippen molar-refractivity contribution in [1.82, 2.24) is 10.2 Å². The van der Waals surface area contributed by atoms with Crippen LogP contribution in [0.4, 0.5) is 0 Å². The third-order valence-electron chi connectivity index (χ3n) is 4.18. The summed E-state index contributed by atoms with van der Waals surface area (Å²) in [6.45, 7) is 7.43. The lowest BCUT2D eigenvalue weighted by Crippen LogP contribution is -2.42. The lowest BCUT2D eigenvalue weighted by Gasteiger charge is -2.33. The van der Waals surface area contributed by atoms with Gasteiger partial charge in [-0.25, -0.2) is 0 Å². The fourth-order valence-electron chi connectivity index (χ4n) is 3.14. The monoisotopic (exact) mass is 212 g/mol. The van der Waals surface area contributed by atoms with E-state index in [1.54, 1.807) is 0 Å². The lowest BCUT2D eigenvalue weighted by molar-refractivity contribution is 0.161. The van der Waals surface area contributed by atoms with Crippen LogP contribution in [0.2, 0.25) is 0 Å². The Hall–Kier alpha value is -0.120. The SMILES string of the molecule is CCN1CCC(C2CCNC(CO)C2)C1. The zero-order valence-electron chi connectivity index (χ0n) is 9.78. The summed E-state index contributed by atoms with van der Waals surface area (Å²) in [7, 11) is 0. The smallest absolute Gasteiger partial charge is 0.0584 e. The number of hydrogen-bond acceptors (Lipinski definition) is 3. The zero-order valence-corrected chi connectivity index (χ0v) is 9.78. The molecule has 2 aliphatic rings. The van der Waals surface area contributed by atoms with E-state index in [1.165, 1.54) is 38.9 Å². The minimum absolute atomic E-state index is 0.306. The maximum atomic E-state index is 9.18. The second-order valence-electron chi connectivity index (χ2n) is 5.06. The number of piperidine rings is 1. The molecule has 0 saturated carbocycles. The van der Waals surface area contributed by atoms with Crippen LogP contribution in [0.1, 0.15) is 26.2 Å². The van der Waals surface area contributed by atoms with Crippen molar-refractivity contribution in [1.29, 1.82) is 0 Å². The maximum Gasteiger partial charge on any atom is 0.0584 e. The van der Waals surface area contributed by atoms with E-state index in [4.69, 9.17) is 0 Å². The Kier molecular flexibility index (Phi) is 4.00. The van der Waals surface area contributed by atoms with Crippen molar-refractivity contribution >= 4 is 0 Å². The molecule has 3 unspecified atom stereocenters. The first kappa shape index (κ1) is 11.4. The molecule has 88 valence electrons. The van der Waals surface area contributed by atoms with E-state index in [9.17, 15) is 5.11 Å². The lowest BCUT2D eigenvalue weighted by atomic mass is 9.81. The average Bonchev–Trinajstić information content (AvgIpc) is 2.78. The minimum Gasteiger partial charge on any atom is -0.395 e. The van der Waals surface area contributed by atoms with Gasteiger partial charge in [0.05, 0.1) is 6.61 Å². The topological polar surface area (TPSA) is 35.5 Å². The van der Waals surface area contributed by atoms with E-state index in [-0.39, 0.29) is 0 Å². The van der Waals surface area contributed by atoms with Gasteiger partial charge in [-0.1, -0.05) is 6.92 Å². The molecule has 0 aromatic heterocycles. The highest BCUT2D eigenvalue weighted by Gasteiger charge is 2.31. The average molecular weight is 212 g/mol. The fraction of sp³-hybridized carbons (Fsp3) is 1.00. The molecule has 2 fully saturated rings. The Labute approximate surface area is 92.8 Å². The van der Waals surface area contributed by atoms with Gasteiger partial charge in [-0.05, 0) is 50.7 Å². The van der Waals surface area contributed by atoms with Gasteiger partial charge in [-0.2, -0.15) is 0 Å². The zero-order chi connectivity index (χ0) is 10.7. The summed E-state index contributed by atoms with van der Waals surface area (Å²) in [5.74, 6) is 1.74. The van der Waals surface area contributed by atoms with Crippen molar-refractivity contribution in [3.63, 3.8) is 0 Å². The summed E-state index contributed by atoms with van der Waals surface area (Å²) in [4.78, 5) is 2.56. The molecule has 0 aliphatic carbocycles. The van der Waals surface area contributed by atoms with E-state index in [2.05, 4.69) is 17.1 Å². The Morgan fingerprint density at radius 3 is 2.87 bits per heavy atom. The predicted octanol–water partition coefficient (Wildman–Crippen LogP) is 0.689. The molecule has 0 aromatic rings. The number of likely N-dealkylation sites (tertiary alicyclic amines) is 1. The van der Waals surface area contributed by atoms with Crippen LogP contribution in [0.5, 0.6) is 0 Å². The van der Waals surface area contributed by atoms with E-state index in [0.717, 1.165) is 18.4 Å². The van der Waals surface area contributed by atoms with Crippen LogP contribution in [-0.4, -0.2) is 48.8 Å². The Balaban J connectivity index is 1.83. The number of aliphatic hydroxyl groups is 1. The van der Waals surface area contributed by atoms with Crippen LogP contribution in [0.15, 0.2) is 0 Å².